The van der Waals surface area contributed by atoms with Gasteiger partial charge in [-0.05, 0) is 45.2 Å². The third kappa shape index (κ3) is 23.6. The van der Waals surface area contributed by atoms with Gasteiger partial charge in [0.05, 0.1) is 38.5 Å². The van der Waals surface area contributed by atoms with Crippen molar-refractivity contribution in [2.75, 3.05) is 33.0 Å². The number of ether oxygens (including phenoxy) is 2. The van der Waals surface area contributed by atoms with Gasteiger partial charge in [0.2, 0.25) is 0 Å². The average Bonchev–Trinajstić information content (AvgIpc) is 3.36. The minimum Gasteiger partial charge on any atom is -0.462 e. The average molecular weight is 973 g/mol. The molecule has 0 spiro atoms. The van der Waals surface area contributed by atoms with Crippen LogP contribution in [0.2, 0.25) is 0 Å². The van der Waals surface area contributed by atoms with E-state index >= 15 is 0 Å². The van der Waals surface area contributed by atoms with Gasteiger partial charge in [0.15, 0.2) is 6.10 Å². The van der Waals surface area contributed by atoms with Gasteiger partial charge < -0.3 is 14.3 Å². The van der Waals surface area contributed by atoms with E-state index in [4.69, 9.17) is 33.1 Å². The van der Waals surface area contributed by atoms with E-state index in [1.165, 1.54) is 144 Å². The maximum absolute atomic E-state index is 13.8. The highest BCUT2D eigenvalue weighted by Gasteiger charge is 2.30. The van der Waals surface area contributed by atoms with Crippen molar-refractivity contribution in [3.8, 4) is 6.07 Å². The Morgan fingerprint density at radius 3 is 1.59 bits per heavy atom. The second kappa shape index (κ2) is 35.9. The van der Waals surface area contributed by atoms with E-state index in [2.05, 4.69) is 67.5 Å². The molecule has 0 saturated carbocycles. The third-order valence-corrected chi connectivity index (χ3v) is 14.3. The maximum Gasteiger partial charge on any atom is 0.475 e. The van der Waals surface area contributed by atoms with Crippen LogP contribution in [0, 0.1) is 11.3 Å². The fourth-order valence-electron chi connectivity index (χ4n) is 8.89. The largest absolute Gasteiger partial charge is 0.475 e. The normalized spacial score (nSPS) is 13.1. The molecule has 0 fully saturated rings. The van der Waals surface area contributed by atoms with Gasteiger partial charge in [-0.25, -0.2) is 4.57 Å². The van der Waals surface area contributed by atoms with Crippen LogP contribution < -0.4 is 0 Å². The number of hydrogen-bond donors (Lipinski definition) is 0. The number of phosphoric ester groups is 1. The molecule has 4 rings (SSSR count). The number of esters is 2. The lowest BCUT2D eigenvalue weighted by Crippen LogP contribution is -2.29. The van der Waals surface area contributed by atoms with E-state index in [9.17, 15) is 14.2 Å². The number of carbonyl (C=O) groups is 2. The van der Waals surface area contributed by atoms with E-state index in [1.54, 1.807) is 6.21 Å². The van der Waals surface area contributed by atoms with Crippen LogP contribution in [0.15, 0.2) is 59.8 Å². The van der Waals surface area contributed by atoms with Crippen molar-refractivity contribution in [3.05, 3.63) is 60.2 Å². The van der Waals surface area contributed by atoms with E-state index in [0.717, 1.165) is 54.9 Å². The lowest BCUT2D eigenvalue weighted by molar-refractivity contribution is -0.161. The highest BCUT2D eigenvalue weighted by molar-refractivity contribution is 7.48. The van der Waals surface area contributed by atoms with Crippen molar-refractivity contribution in [2.24, 2.45) is 5.16 Å². The zero-order valence-electron chi connectivity index (χ0n) is 42.4. The molecule has 11 nitrogen and oxygen atoms in total. The topological polar surface area (TPSA) is 143 Å². The van der Waals surface area contributed by atoms with Crippen molar-refractivity contribution >= 4 is 58.3 Å². The molecule has 0 heterocycles. The van der Waals surface area contributed by atoms with Crippen LogP contribution in [-0.4, -0.2) is 57.3 Å². The summed E-state index contributed by atoms with van der Waals surface area (Å²) in [6.45, 7) is 3.33. The predicted octanol–water partition coefficient (Wildman–Crippen LogP) is 16.4. The molecule has 69 heavy (non-hydrogen) atoms. The fraction of sp³-hybridized carbons (Fsp3) is 0.649. The molecule has 2 atom stereocenters. The van der Waals surface area contributed by atoms with Crippen LogP contribution >= 0.6 is 7.82 Å². The number of phosphoric acid groups is 1. The second-order valence-corrected chi connectivity index (χ2v) is 20.3. The van der Waals surface area contributed by atoms with Crippen LogP contribution in [0.3, 0.4) is 0 Å². The lowest BCUT2D eigenvalue weighted by atomic mass is 9.92. The summed E-state index contributed by atoms with van der Waals surface area (Å²) in [5.41, 5.74) is 0.884. The molecule has 0 aromatic heterocycles. The number of nitrogens with zero attached hydrogens (tertiary/aromatic N) is 2. The predicted molar refractivity (Wildman–Crippen MR) is 281 cm³/mol. The Bertz CT molecular complexity index is 2100. The first-order valence-corrected chi connectivity index (χ1v) is 28.4. The molecule has 0 saturated heterocycles. The second-order valence-electron chi connectivity index (χ2n) is 18.7. The monoisotopic (exact) mass is 973 g/mol. The fourth-order valence-corrected chi connectivity index (χ4v) is 10.1. The highest BCUT2D eigenvalue weighted by Crippen LogP contribution is 2.49. The summed E-state index contributed by atoms with van der Waals surface area (Å²) >= 11 is 0. The Morgan fingerprint density at radius 1 is 0.565 bits per heavy atom. The summed E-state index contributed by atoms with van der Waals surface area (Å²) in [5, 5.41) is 20.2. The van der Waals surface area contributed by atoms with Gasteiger partial charge in [-0.1, -0.05) is 228 Å². The SMILES string of the molecule is CCCCCCCCCCCCCCCC(=O)OC[C@H](COP(=O)(OCCC#N)OCCO/N=C/c1ccc2ccc3cccc4ccc1c2c34)OC(=O)CCCCCCCCCCCCCCC. The Hall–Kier alpha value is -4.07. The minimum atomic E-state index is -4.28. The minimum absolute atomic E-state index is 0.0504. The van der Waals surface area contributed by atoms with Crippen molar-refractivity contribution in [1.82, 2.24) is 0 Å². The van der Waals surface area contributed by atoms with E-state index in [1.807, 2.05) is 12.1 Å². The summed E-state index contributed by atoms with van der Waals surface area (Å²) in [6, 6.07) is 20.8. The number of unbranched alkanes of at least 4 members (excludes halogenated alkanes) is 24. The van der Waals surface area contributed by atoms with Gasteiger partial charge in [0.1, 0.15) is 13.2 Å². The summed E-state index contributed by atoms with van der Waals surface area (Å²) in [6.07, 6.45) is 32.3. The number of hydrogen-bond acceptors (Lipinski definition) is 11. The van der Waals surface area contributed by atoms with E-state index in [-0.39, 0.29) is 51.7 Å². The molecule has 382 valence electrons. The van der Waals surface area contributed by atoms with Gasteiger partial charge in [-0.3, -0.25) is 23.2 Å². The quantitative estimate of drug-likeness (QED) is 0.0105. The number of rotatable bonds is 43. The molecular weight excluding hydrogens is 888 g/mol. The molecule has 4 aromatic rings. The Morgan fingerprint density at radius 2 is 1.04 bits per heavy atom. The van der Waals surface area contributed by atoms with Gasteiger partial charge in [-0.2, -0.15) is 5.26 Å². The third-order valence-electron chi connectivity index (χ3n) is 12.8. The summed E-state index contributed by atoms with van der Waals surface area (Å²) in [7, 11) is -4.28. The Labute approximate surface area is 414 Å². The van der Waals surface area contributed by atoms with Crippen LogP contribution in [-0.2, 0) is 42.0 Å². The van der Waals surface area contributed by atoms with Crippen molar-refractivity contribution < 1.29 is 42.0 Å². The maximum atomic E-state index is 13.8. The van der Waals surface area contributed by atoms with Gasteiger partial charge in [0, 0.05) is 18.4 Å². The zero-order chi connectivity index (χ0) is 49.0. The molecule has 0 aliphatic rings. The van der Waals surface area contributed by atoms with Crippen LogP contribution in [0.5, 0.6) is 0 Å². The van der Waals surface area contributed by atoms with Crippen LogP contribution in [0.25, 0.3) is 32.3 Å². The summed E-state index contributed by atoms with van der Waals surface area (Å²) in [4.78, 5) is 31.4. The number of nitriles is 1. The van der Waals surface area contributed by atoms with Crippen LogP contribution in [0.1, 0.15) is 206 Å². The van der Waals surface area contributed by atoms with E-state index < -0.39 is 26.5 Å². The van der Waals surface area contributed by atoms with Crippen molar-refractivity contribution in [3.63, 3.8) is 0 Å². The van der Waals surface area contributed by atoms with Gasteiger partial charge in [-0.15, -0.1) is 0 Å². The van der Waals surface area contributed by atoms with Crippen LogP contribution in [0.4, 0.5) is 0 Å². The van der Waals surface area contributed by atoms with Gasteiger partial charge in [0.25, 0.3) is 0 Å². The first-order valence-electron chi connectivity index (χ1n) is 26.9. The molecule has 1 unspecified atom stereocenters. The Kier molecular flexibility index (Phi) is 30.0. The summed E-state index contributed by atoms with van der Waals surface area (Å²) < 4.78 is 41.9. The standard InChI is InChI=1S/C57H85N2O9P/c1-3-5-7-9-11-13-15-17-19-21-23-25-27-33-54(60)63-46-52(68-55(61)34-28-26-24-22-20-18-16-14-12-10-8-6-4-2)47-67-69(62,65-42-30-41-58)66-44-43-64-59-45-51-38-37-50-36-35-48-31-29-32-49-39-40-53(51)57(50)56(48)49/h29,31-32,35-40,45,52H,3-28,30,33-34,42-44,46-47H2,1-2H3/b59-45+/t52-,69?/m1/s1. The molecule has 0 bridgehead atoms. The smallest absolute Gasteiger partial charge is 0.462 e. The Balaban J connectivity index is 1.22. The first-order chi connectivity index (χ1) is 33.9. The molecule has 0 amide bonds. The van der Waals surface area contributed by atoms with Crippen molar-refractivity contribution in [2.45, 2.75) is 206 Å². The molecule has 0 radical (unpaired) electrons. The first kappa shape index (κ1) is 57.5. The molecule has 0 aliphatic carbocycles. The molecule has 12 heteroatoms. The summed E-state index contributed by atoms with van der Waals surface area (Å²) in [5.74, 6) is -0.837. The zero-order valence-corrected chi connectivity index (χ0v) is 43.3. The highest BCUT2D eigenvalue weighted by atomic mass is 31.2. The molecule has 0 N–H and O–H groups in total. The number of oxime groups is 1. The number of carbonyl (C=O) groups excluding carboxylic acids is 2. The van der Waals surface area contributed by atoms with E-state index in [0.29, 0.717) is 6.42 Å². The molecular formula is C57H85N2O9P. The van der Waals surface area contributed by atoms with Gasteiger partial charge >= 0.3 is 19.8 Å². The van der Waals surface area contributed by atoms with Crippen molar-refractivity contribution in [1.29, 1.82) is 5.26 Å². The number of benzene rings is 4. The lowest BCUT2D eigenvalue weighted by Gasteiger charge is -2.22. The molecule has 4 aromatic carbocycles. The molecule has 0 aliphatic heterocycles.